The number of nitrogens with zero attached hydrogens (tertiary/aromatic N) is 4. The number of hydrogen-bond acceptors (Lipinski definition) is 6. The van der Waals surface area contributed by atoms with Gasteiger partial charge in [0.1, 0.15) is 0 Å². The van der Waals surface area contributed by atoms with E-state index in [1.165, 1.54) is 5.56 Å². The molecule has 6 heteroatoms. The molecule has 6 nitrogen and oxygen atoms in total. The van der Waals surface area contributed by atoms with Crippen molar-refractivity contribution in [1.82, 2.24) is 15.0 Å². The van der Waals surface area contributed by atoms with Crippen molar-refractivity contribution in [2.45, 2.75) is 12.6 Å². The summed E-state index contributed by atoms with van der Waals surface area (Å²) in [4.78, 5) is 8.73. The Labute approximate surface area is 152 Å². The Hall–Kier alpha value is -2.70. The number of aliphatic hydroxyl groups is 1. The molecule has 2 heterocycles. The Morgan fingerprint density at radius 2 is 1.69 bits per heavy atom. The summed E-state index contributed by atoms with van der Waals surface area (Å²) in [5.41, 5.74) is 2.17. The van der Waals surface area contributed by atoms with E-state index in [9.17, 15) is 5.11 Å². The second kappa shape index (κ2) is 7.68. The number of β-amino-alcohol motifs (C(OH)–C–C–N with tert-alkyl or cyclic N) is 1. The van der Waals surface area contributed by atoms with Gasteiger partial charge in [-0.1, -0.05) is 65.8 Å². The summed E-state index contributed by atoms with van der Waals surface area (Å²) in [7, 11) is 0. The van der Waals surface area contributed by atoms with Gasteiger partial charge in [-0.15, -0.1) is 0 Å². The van der Waals surface area contributed by atoms with Crippen LogP contribution in [0.1, 0.15) is 5.56 Å². The first-order chi connectivity index (χ1) is 12.8. The van der Waals surface area contributed by atoms with Crippen molar-refractivity contribution in [2.24, 2.45) is 0 Å². The number of aromatic nitrogens is 2. The average Bonchev–Trinajstić information content (AvgIpc) is 3.09. The maximum Gasteiger partial charge on any atom is 0.324 e. The average molecular weight is 350 g/mol. The molecular formula is C20H22N4O2. The minimum Gasteiger partial charge on any atom is -0.390 e. The summed E-state index contributed by atoms with van der Waals surface area (Å²) >= 11 is 0. The molecule has 134 valence electrons. The maximum absolute atomic E-state index is 10.4. The first kappa shape index (κ1) is 16.8. The molecule has 1 aliphatic rings. The van der Waals surface area contributed by atoms with Gasteiger partial charge in [0, 0.05) is 38.3 Å². The van der Waals surface area contributed by atoms with Crippen LogP contribution in [0, 0.1) is 0 Å². The molecule has 0 aliphatic carbocycles. The molecule has 1 fully saturated rings. The van der Waals surface area contributed by atoms with E-state index < -0.39 is 6.10 Å². The minimum atomic E-state index is -0.465. The lowest BCUT2D eigenvalue weighted by molar-refractivity contribution is 0.129. The quantitative estimate of drug-likeness (QED) is 0.780. The van der Waals surface area contributed by atoms with Crippen molar-refractivity contribution in [1.29, 1.82) is 0 Å². The van der Waals surface area contributed by atoms with Gasteiger partial charge < -0.3 is 14.5 Å². The molecule has 3 aromatic rings. The van der Waals surface area contributed by atoms with E-state index in [4.69, 9.17) is 4.52 Å². The molecule has 26 heavy (non-hydrogen) atoms. The van der Waals surface area contributed by atoms with Crippen LogP contribution in [-0.2, 0) is 6.54 Å². The number of rotatable bonds is 4. The molecule has 1 unspecified atom stereocenters. The van der Waals surface area contributed by atoms with Gasteiger partial charge in [0.05, 0.1) is 6.10 Å². The monoisotopic (exact) mass is 350 g/mol. The molecule has 0 saturated carbocycles. The highest BCUT2D eigenvalue weighted by Gasteiger charge is 2.25. The zero-order valence-corrected chi connectivity index (χ0v) is 14.5. The Morgan fingerprint density at radius 3 is 2.46 bits per heavy atom. The highest BCUT2D eigenvalue weighted by Crippen LogP contribution is 2.21. The Balaban J connectivity index is 1.45. The van der Waals surface area contributed by atoms with Crippen molar-refractivity contribution >= 4 is 6.01 Å². The second-order valence-corrected chi connectivity index (χ2v) is 6.59. The van der Waals surface area contributed by atoms with Gasteiger partial charge in [0.15, 0.2) is 0 Å². The molecule has 0 bridgehead atoms. The summed E-state index contributed by atoms with van der Waals surface area (Å²) in [6.45, 7) is 3.51. The highest BCUT2D eigenvalue weighted by atomic mass is 16.5. The van der Waals surface area contributed by atoms with Gasteiger partial charge in [-0.25, -0.2) is 0 Å². The predicted molar refractivity (Wildman–Crippen MR) is 99.7 cm³/mol. The van der Waals surface area contributed by atoms with Gasteiger partial charge in [0.2, 0.25) is 5.82 Å². The van der Waals surface area contributed by atoms with Crippen LogP contribution in [0.4, 0.5) is 6.01 Å². The fraction of sp³-hybridized carbons (Fsp3) is 0.300. The summed E-state index contributed by atoms with van der Waals surface area (Å²) in [5, 5.41) is 14.5. The van der Waals surface area contributed by atoms with Crippen molar-refractivity contribution in [3.8, 4) is 11.4 Å². The van der Waals surface area contributed by atoms with Crippen LogP contribution >= 0.6 is 0 Å². The van der Waals surface area contributed by atoms with E-state index in [1.54, 1.807) is 0 Å². The first-order valence-electron chi connectivity index (χ1n) is 8.86. The molecule has 1 aromatic heterocycles. The molecule has 0 amide bonds. The lowest BCUT2D eigenvalue weighted by atomic mass is 10.2. The van der Waals surface area contributed by atoms with Crippen molar-refractivity contribution in [2.75, 3.05) is 31.1 Å². The standard InChI is InChI=1S/C20H22N4O2/c25-18-14-23(13-16-7-3-1-4-8-16)11-12-24(15-18)20-21-19(22-26-20)17-9-5-2-6-10-17/h1-10,18,25H,11-15H2. The smallest absolute Gasteiger partial charge is 0.324 e. The topological polar surface area (TPSA) is 65.6 Å². The number of anilines is 1. The highest BCUT2D eigenvalue weighted by molar-refractivity contribution is 5.55. The van der Waals surface area contributed by atoms with Gasteiger partial charge in [-0.2, -0.15) is 4.98 Å². The van der Waals surface area contributed by atoms with Crippen molar-refractivity contribution in [3.05, 3.63) is 66.2 Å². The maximum atomic E-state index is 10.4. The zero-order valence-electron chi connectivity index (χ0n) is 14.5. The molecule has 1 N–H and O–H groups in total. The van der Waals surface area contributed by atoms with Crippen molar-refractivity contribution < 1.29 is 9.63 Å². The lowest BCUT2D eigenvalue weighted by Crippen LogP contribution is -2.33. The SMILES string of the molecule is OC1CN(Cc2ccccc2)CCN(c2nc(-c3ccccc3)no2)C1. The van der Waals surface area contributed by atoms with Crippen LogP contribution in [0.5, 0.6) is 0 Å². The minimum absolute atomic E-state index is 0.462. The zero-order chi connectivity index (χ0) is 17.8. The van der Waals surface area contributed by atoms with Crippen LogP contribution in [0.15, 0.2) is 65.2 Å². The van der Waals surface area contributed by atoms with E-state index in [2.05, 4.69) is 27.2 Å². The molecule has 1 saturated heterocycles. The second-order valence-electron chi connectivity index (χ2n) is 6.59. The normalized spacial score (nSPS) is 18.7. The van der Waals surface area contributed by atoms with Crippen molar-refractivity contribution in [3.63, 3.8) is 0 Å². The molecule has 0 spiro atoms. The van der Waals surface area contributed by atoms with Gasteiger partial charge in [-0.3, -0.25) is 4.90 Å². The fourth-order valence-electron chi connectivity index (χ4n) is 3.26. The van der Waals surface area contributed by atoms with Crippen LogP contribution in [0.3, 0.4) is 0 Å². The van der Waals surface area contributed by atoms with E-state index >= 15 is 0 Å². The number of hydrogen-bond donors (Lipinski definition) is 1. The van der Waals surface area contributed by atoms with Gasteiger partial charge in [-0.05, 0) is 5.56 Å². The summed E-state index contributed by atoms with van der Waals surface area (Å²) in [5.74, 6) is 0.570. The molecular weight excluding hydrogens is 328 g/mol. The van der Waals surface area contributed by atoms with E-state index in [1.807, 2.05) is 53.4 Å². The largest absolute Gasteiger partial charge is 0.390 e. The van der Waals surface area contributed by atoms with E-state index in [-0.39, 0.29) is 0 Å². The third-order valence-corrected chi connectivity index (χ3v) is 4.55. The molecule has 1 aliphatic heterocycles. The van der Waals surface area contributed by atoms with Gasteiger partial charge in [0.25, 0.3) is 0 Å². The third-order valence-electron chi connectivity index (χ3n) is 4.55. The molecule has 1 atom stereocenters. The third kappa shape index (κ3) is 3.92. The van der Waals surface area contributed by atoms with Crippen LogP contribution in [0.2, 0.25) is 0 Å². The number of aliphatic hydroxyl groups excluding tert-OH is 1. The lowest BCUT2D eigenvalue weighted by Gasteiger charge is -2.21. The predicted octanol–water partition coefficient (Wildman–Crippen LogP) is 2.42. The molecule has 0 radical (unpaired) electrons. The summed E-state index contributed by atoms with van der Waals surface area (Å²) in [6, 6.07) is 20.5. The fourth-order valence-corrected chi connectivity index (χ4v) is 3.26. The van der Waals surface area contributed by atoms with E-state index in [0.29, 0.717) is 24.9 Å². The Bertz CT molecular complexity index is 822. The molecule has 2 aromatic carbocycles. The van der Waals surface area contributed by atoms with Crippen LogP contribution in [0.25, 0.3) is 11.4 Å². The summed E-state index contributed by atoms with van der Waals surface area (Å²) in [6.07, 6.45) is -0.465. The Morgan fingerprint density at radius 1 is 0.962 bits per heavy atom. The molecule has 4 rings (SSSR count). The summed E-state index contributed by atoms with van der Waals surface area (Å²) < 4.78 is 5.45. The number of benzene rings is 2. The van der Waals surface area contributed by atoms with Crippen LogP contribution < -0.4 is 4.90 Å². The first-order valence-corrected chi connectivity index (χ1v) is 8.86. The Kier molecular flexibility index (Phi) is 4.95. The van der Waals surface area contributed by atoms with Crippen LogP contribution in [-0.4, -0.2) is 52.4 Å². The van der Waals surface area contributed by atoms with E-state index in [0.717, 1.165) is 25.2 Å². The van der Waals surface area contributed by atoms with Gasteiger partial charge >= 0.3 is 6.01 Å².